The van der Waals surface area contributed by atoms with Crippen LogP contribution in [-0.4, -0.2) is 27.2 Å². The highest BCUT2D eigenvalue weighted by molar-refractivity contribution is 8.18. The first-order valence-corrected chi connectivity index (χ1v) is 5.82. The second kappa shape index (κ2) is 4.17. The summed E-state index contributed by atoms with van der Waals surface area (Å²) < 4.78 is 1.90. The van der Waals surface area contributed by atoms with Gasteiger partial charge in [-0.2, -0.15) is 0 Å². The van der Waals surface area contributed by atoms with E-state index in [1.54, 1.807) is 13.0 Å². The van der Waals surface area contributed by atoms with Crippen LogP contribution in [0.1, 0.15) is 12.6 Å². The second-order valence-electron chi connectivity index (χ2n) is 3.47. The van der Waals surface area contributed by atoms with E-state index in [0.717, 1.165) is 17.5 Å². The molecule has 2 amide bonds. The molecule has 0 radical (unpaired) electrons. The molecule has 4 nitrogen and oxygen atoms in total. The number of hydrogen-bond acceptors (Lipinski definition) is 3. The molecule has 84 valence electrons. The largest absolute Gasteiger partial charge is 0.351 e. The number of aromatic nitrogens is 1. The van der Waals surface area contributed by atoms with Crippen LogP contribution in [-0.2, 0) is 11.8 Å². The maximum Gasteiger partial charge on any atom is 0.293 e. The number of rotatable bonds is 2. The topological polar surface area (TPSA) is 42.3 Å². The smallest absolute Gasteiger partial charge is 0.293 e. The molecule has 0 aromatic carbocycles. The third kappa shape index (κ3) is 1.78. The van der Waals surface area contributed by atoms with E-state index in [9.17, 15) is 9.59 Å². The van der Waals surface area contributed by atoms with Gasteiger partial charge in [0.15, 0.2) is 0 Å². The van der Waals surface area contributed by atoms with E-state index in [4.69, 9.17) is 0 Å². The van der Waals surface area contributed by atoms with Crippen molar-refractivity contribution in [1.82, 2.24) is 9.47 Å². The fraction of sp³-hybridized carbons (Fsp3) is 0.273. The molecule has 16 heavy (non-hydrogen) atoms. The number of carbonyl (C=O) groups excluding carboxylic acids is 2. The summed E-state index contributed by atoms with van der Waals surface area (Å²) in [6.07, 6.45) is 3.65. The quantitative estimate of drug-likeness (QED) is 0.738. The van der Waals surface area contributed by atoms with Gasteiger partial charge >= 0.3 is 0 Å². The number of amides is 2. The lowest BCUT2D eigenvalue weighted by Crippen LogP contribution is -2.27. The fourth-order valence-electron chi connectivity index (χ4n) is 1.53. The van der Waals surface area contributed by atoms with E-state index in [2.05, 4.69) is 0 Å². The maximum absolute atomic E-state index is 11.8. The van der Waals surface area contributed by atoms with Crippen molar-refractivity contribution >= 4 is 29.0 Å². The Labute approximate surface area is 97.9 Å². The zero-order valence-corrected chi connectivity index (χ0v) is 9.95. The molecular weight excluding hydrogens is 224 g/mol. The normalized spacial score (nSPS) is 18.9. The molecule has 0 spiro atoms. The van der Waals surface area contributed by atoms with Gasteiger partial charge in [-0.1, -0.05) is 0 Å². The summed E-state index contributed by atoms with van der Waals surface area (Å²) in [5, 5.41) is -0.187. The summed E-state index contributed by atoms with van der Waals surface area (Å²) in [6, 6.07) is 3.80. The zero-order chi connectivity index (χ0) is 11.7. The van der Waals surface area contributed by atoms with Gasteiger partial charge in [0.2, 0.25) is 0 Å². The first-order valence-electron chi connectivity index (χ1n) is 5.00. The minimum absolute atomic E-state index is 0.187. The Bertz CT molecular complexity index is 476. The molecule has 5 heteroatoms. The van der Waals surface area contributed by atoms with E-state index in [-0.39, 0.29) is 11.1 Å². The predicted molar refractivity (Wildman–Crippen MR) is 63.8 cm³/mol. The standard InChI is InChI=1S/C11H12N2O2S/c1-3-13-10(14)9(16-11(13)15)7-8-5-4-6-12(8)2/h4-7H,3H2,1-2H3. The highest BCUT2D eigenvalue weighted by Crippen LogP contribution is 2.31. The van der Waals surface area contributed by atoms with Gasteiger partial charge in [-0.25, -0.2) is 0 Å². The van der Waals surface area contributed by atoms with Crippen LogP contribution in [0.5, 0.6) is 0 Å². The van der Waals surface area contributed by atoms with Gasteiger partial charge in [-0.15, -0.1) is 0 Å². The SMILES string of the molecule is CCN1C(=O)SC(=Cc2cccn2C)C1=O. The average Bonchev–Trinajstić information content (AvgIpc) is 2.74. The Hall–Kier alpha value is -1.49. The van der Waals surface area contributed by atoms with Crippen molar-refractivity contribution in [3.8, 4) is 0 Å². The molecule has 1 aromatic rings. The van der Waals surface area contributed by atoms with Crippen LogP contribution in [0.2, 0.25) is 0 Å². The molecule has 0 atom stereocenters. The lowest BCUT2D eigenvalue weighted by atomic mass is 10.3. The van der Waals surface area contributed by atoms with E-state index in [1.807, 2.05) is 29.9 Å². The molecule has 1 fully saturated rings. The Morgan fingerprint density at radius 2 is 2.19 bits per heavy atom. The Morgan fingerprint density at radius 1 is 1.44 bits per heavy atom. The zero-order valence-electron chi connectivity index (χ0n) is 9.14. The molecule has 1 aliphatic heterocycles. The molecular formula is C11H12N2O2S. The highest BCUT2D eigenvalue weighted by atomic mass is 32.2. The van der Waals surface area contributed by atoms with Crippen LogP contribution < -0.4 is 0 Å². The molecule has 0 N–H and O–H groups in total. The number of nitrogens with zero attached hydrogens (tertiary/aromatic N) is 2. The van der Waals surface area contributed by atoms with Crippen molar-refractivity contribution in [2.75, 3.05) is 6.54 Å². The molecule has 0 aliphatic carbocycles. The lowest BCUT2D eigenvalue weighted by Gasteiger charge is -2.06. The third-order valence-corrected chi connectivity index (χ3v) is 3.36. The van der Waals surface area contributed by atoms with Crippen LogP contribution in [0, 0.1) is 0 Å². The van der Waals surface area contributed by atoms with Crippen LogP contribution in [0.25, 0.3) is 6.08 Å². The number of hydrogen-bond donors (Lipinski definition) is 0. The molecule has 2 rings (SSSR count). The average molecular weight is 236 g/mol. The number of aryl methyl sites for hydroxylation is 1. The van der Waals surface area contributed by atoms with Gasteiger partial charge in [0.05, 0.1) is 4.91 Å². The first-order chi connectivity index (χ1) is 7.63. The molecule has 2 heterocycles. The van der Waals surface area contributed by atoms with Gasteiger partial charge in [0, 0.05) is 25.5 Å². The maximum atomic E-state index is 11.8. The van der Waals surface area contributed by atoms with Gasteiger partial charge in [-0.3, -0.25) is 14.5 Å². The Kier molecular flexibility index (Phi) is 2.87. The van der Waals surface area contributed by atoms with Crippen LogP contribution in [0.4, 0.5) is 4.79 Å². The molecule has 1 aliphatic rings. The van der Waals surface area contributed by atoms with Gasteiger partial charge < -0.3 is 4.57 Å². The predicted octanol–water partition coefficient (Wildman–Crippen LogP) is 2.08. The number of likely N-dealkylation sites (N-methyl/N-ethyl adjacent to an activating group) is 1. The van der Waals surface area contributed by atoms with Gasteiger partial charge in [-0.05, 0) is 36.9 Å². The Morgan fingerprint density at radius 3 is 2.69 bits per heavy atom. The summed E-state index contributed by atoms with van der Waals surface area (Å²) >= 11 is 0.999. The van der Waals surface area contributed by atoms with Crippen molar-refractivity contribution in [2.24, 2.45) is 7.05 Å². The minimum atomic E-state index is -0.196. The summed E-state index contributed by atoms with van der Waals surface area (Å²) in [7, 11) is 1.90. The van der Waals surface area contributed by atoms with Crippen molar-refractivity contribution < 1.29 is 9.59 Å². The summed E-state index contributed by atoms with van der Waals surface area (Å²) in [5.74, 6) is -0.196. The van der Waals surface area contributed by atoms with E-state index in [1.165, 1.54) is 4.90 Å². The fourth-order valence-corrected chi connectivity index (χ4v) is 2.42. The van der Waals surface area contributed by atoms with Crippen molar-refractivity contribution in [3.63, 3.8) is 0 Å². The van der Waals surface area contributed by atoms with Crippen molar-refractivity contribution in [2.45, 2.75) is 6.92 Å². The van der Waals surface area contributed by atoms with Gasteiger partial charge in [0.1, 0.15) is 0 Å². The van der Waals surface area contributed by atoms with Crippen LogP contribution in [0.15, 0.2) is 23.2 Å². The minimum Gasteiger partial charge on any atom is -0.351 e. The number of carbonyl (C=O) groups is 2. The first kappa shape index (κ1) is 11.0. The van der Waals surface area contributed by atoms with Crippen molar-refractivity contribution in [3.05, 3.63) is 28.9 Å². The molecule has 0 bridgehead atoms. The van der Waals surface area contributed by atoms with Gasteiger partial charge in [0.25, 0.3) is 11.1 Å². The molecule has 1 aromatic heterocycles. The monoisotopic (exact) mass is 236 g/mol. The lowest BCUT2D eigenvalue weighted by molar-refractivity contribution is -0.122. The van der Waals surface area contributed by atoms with Crippen molar-refractivity contribution in [1.29, 1.82) is 0 Å². The summed E-state index contributed by atoms with van der Waals surface area (Å²) in [6.45, 7) is 2.22. The van der Waals surface area contributed by atoms with E-state index < -0.39 is 0 Å². The van der Waals surface area contributed by atoms with E-state index in [0.29, 0.717) is 11.4 Å². The molecule has 0 unspecified atom stereocenters. The number of thioether (sulfide) groups is 1. The summed E-state index contributed by atoms with van der Waals surface area (Å²) in [5.41, 5.74) is 0.918. The van der Waals surface area contributed by atoms with Crippen LogP contribution in [0.3, 0.4) is 0 Å². The van der Waals surface area contributed by atoms with E-state index >= 15 is 0 Å². The molecule has 0 saturated carbocycles. The highest BCUT2D eigenvalue weighted by Gasteiger charge is 2.33. The Balaban J connectivity index is 2.31. The summed E-state index contributed by atoms with van der Waals surface area (Å²) in [4.78, 5) is 25.0. The molecule has 1 saturated heterocycles. The number of imide groups is 1. The second-order valence-corrected chi connectivity index (χ2v) is 4.46. The van der Waals surface area contributed by atoms with Crippen LogP contribution >= 0.6 is 11.8 Å². The third-order valence-electron chi connectivity index (χ3n) is 2.45.